The zero-order valence-corrected chi connectivity index (χ0v) is 13.8. The Bertz CT molecular complexity index is 712. The third kappa shape index (κ3) is 4.05. The van der Waals surface area contributed by atoms with E-state index >= 15 is 0 Å². The summed E-state index contributed by atoms with van der Waals surface area (Å²) >= 11 is 1.40. The van der Waals surface area contributed by atoms with E-state index in [-0.39, 0.29) is 24.2 Å². The fraction of sp³-hybridized carbons (Fsp3) is 0.400. The monoisotopic (exact) mass is 346 g/mol. The van der Waals surface area contributed by atoms with Crippen LogP contribution < -0.4 is 11.1 Å². The van der Waals surface area contributed by atoms with Gasteiger partial charge < -0.3 is 16.0 Å². The molecule has 0 spiro atoms. The number of aromatic nitrogens is 3. The van der Waals surface area contributed by atoms with Gasteiger partial charge in [0.1, 0.15) is 0 Å². The Hall–Kier alpha value is -2.55. The molecule has 126 valence electrons. The number of nitrogens with one attached hydrogen (secondary N) is 1. The molecule has 3 N–H and O–H groups in total. The van der Waals surface area contributed by atoms with Crippen LogP contribution in [-0.2, 0) is 16.0 Å². The van der Waals surface area contributed by atoms with Crippen LogP contribution in [0.1, 0.15) is 18.5 Å². The van der Waals surface area contributed by atoms with Crippen LogP contribution in [0.5, 0.6) is 0 Å². The quantitative estimate of drug-likeness (QED) is 0.833. The fourth-order valence-electron chi connectivity index (χ4n) is 2.59. The van der Waals surface area contributed by atoms with Crippen LogP contribution in [0.4, 0.5) is 11.1 Å². The third-order valence-electron chi connectivity index (χ3n) is 3.92. The standard InChI is InChI=1S/C15H18N6O2S/c16-13(23)10-2-6-21(7-3-10)12(22)8-11-9-24-15(19-11)20-14-17-4-1-5-18-14/h1,4-5,9-10H,2-3,6-8H2,(H2,16,23)(H,17,18,19,20). The van der Waals surface area contributed by atoms with Gasteiger partial charge in [-0.1, -0.05) is 0 Å². The number of likely N-dealkylation sites (tertiary alicyclic amines) is 1. The summed E-state index contributed by atoms with van der Waals surface area (Å²) in [7, 11) is 0. The van der Waals surface area contributed by atoms with E-state index < -0.39 is 0 Å². The molecule has 9 heteroatoms. The van der Waals surface area contributed by atoms with Gasteiger partial charge in [0.15, 0.2) is 5.13 Å². The number of rotatable bonds is 5. The maximum atomic E-state index is 12.3. The van der Waals surface area contributed by atoms with Crippen molar-refractivity contribution < 1.29 is 9.59 Å². The molecule has 0 unspecified atom stereocenters. The average molecular weight is 346 g/mol. The van der Waals surface area contributed by atoms with Crippen LogP contribution in [0.2, 0.25) is 0 Å². The summed E-state index contributed by atoms with van der Waals surface area (Å²) in [6, 6.07) is 1.73. The van der Waals surface area contributed by atoms with Gasteiger partial charge in [-0.05, 0) is 18.9 Å². The number of anilines is 2. The molecule has 3 heterocycles. The highest BCUT2D eigenvalue weighted by molar-refractivity contribution is 7.13. The van der Waals surface area contributed by atoms with Crippen molar-refractivity contribution >= 4 is 34.2 Å². The Kier molecular flexibility index (Phi) is 4.99. The van der Waals surface area contributed by atoms with Gasteiger partial charge in [-0.2, -0.15) is 0 Å². The molecule has 0 aliphatic carbocycles. The van der Waals surface area contributed by atoms with Crippen LogP contribution in [0, 0.1) is 5.92 Å². The number of thiazole rings is 1. The second-order valence-corrected chi connectivity index (χ2v) is 6.43. The van der Waals surface area contributed by atoms with Crippen LogP contribution in [0.15, 0.2) is 23.8 Å². The zero-order valence-electron chi connectivity index (χ0n) is 13.0. The highest BCUT2D eigenvalue weighted by Crippen LogP contribution is 2.21. The van der Waals surface area contributed by atoms with Crippen molar-refractivity contribution in [3.8, 4) is 0 Å². The lowest BCUT2D eigenvalue weighted by Crippen LogP contribution is -2.42. The molecule has 8 nitrogen and oxygen atoms in total. The van der Waals surface area contributed by atoms with E-state index in [0.717, 1.165) is 0 Å². The van der Waals surface area contributed by atoms with Gasteiger partial charge in [-0.25, -0.2) is 15.0 Å². The second kappa shape index (κ2) is 7.35. The first-order valence-corrected chi connectivity index (χ1v) is 8.55. The number of nitrogens with zero attached hydrogens (tertiary/aromatic N) is 4. The highest BCUT2D eigenvalue weighted by Gasteiger charge is 2.26. The van der Waals surface area contributed by atoms with E-state index in [4.69, 9.17) is 5.73 Å². The molecule has 0 atom stereocenters. The molecule has 0 radical (unpaired) electrons. The highest BCUT2D eigenvalue weighted by atomic mass is 32.1. The van der Waals surface area contributed by atoms with E-state index in [1.54, 1.807) is 23.4 Å². The maximum Gasteiger partial charge on any atom is 0.228 e. The fourth-order valence-corrected chi connectivity index (χ4v) is 3.29. The molecule has 1 saturated heterocycles. The van der Waals surface area contributed by atoms with Crippen molar-refractivity contribution in [3.63, 3.8) is 0 Å². The van der Waals surface area contributed by atoms with Crippen LogP contribution in [-0.4, -0.2) is 44.8 Å². The summed E-state index contributed by atoms with van der Waals surface area (Å²) in [5.74, 6) is 0.0967. The number of primary amides is 1. The minimum atomic E-state index is -0.277. The summed E-state index contributed by atoms with van der Waals surface area (Å²) < 4.78 is 0. The van der Waals surface area contributed by atoms with Gasteiger partial charge in [0.2, 0.25) is 17.8 Å². The number of piperidine rings is 1. The number of amides is 2. The van der Waals surface area contributed by atoms with Crippen molar-refractivity contribution in [3.05, 3.63) is 29.5 Å². The van der Waals surface area contributed by atoms with Gasteiger partial charge in [-0.15, -0.1) is 11.3 Å². The Labute approximate surface area is 143 Å². The van der Waals surface area contributed by atoms with Gasteiger partial charge in [0.05, 0.1) is 12.1 Å². The van der Waals surface area contributed by atoms with E-state index in [2.05, 4.69) is 20.3 Å². The summed E-state index contributed by atoms with van der Waals surface area (Å²) in [4.78, 5) is 37.8. The number of nitrogens with two attached hydrogens (primary N) is 1. The number of carbonyl (C=O) groups excluding carboxylic acids is 2. The Morgan fingerprint density at radius 1 is 1.29 bits per heavy atom. The number of hydrogen-bond donors (Lipinski definition) is 2. The lowest BCUT2D eigenvalue weighted by Gasteiger charge is -2.30. The lowest BCUT2D eigenvalue weighted by atomic mass is 9.96. The molecule has 1 aliphatic rings. The molecule has 2 amide bonds. The summed E-state index contributed by atoms with van der Waals surface area (Å²) in [6.07, 6.45) is 4.80. The molecular weight excluding hydrogens is 328 g/mol. The predicted molar refractivity (Wildman–Crippen MR) is 89.6 cm³/mol. The summed E-state index contributed by atoms with van der Waals surface area (Å²) in [5, 5.41) is 5.50. The molecule has 1 fully saturated rings. The smallest absolute Gasteiger partial charge is 0.228 e. The molecule has 1 aliphatic heterocycles. The predicted octanol–water partition coefficient (Wildman–Crippen LogP) is 0.943. The first-order valence-electron chi connectivity index (χ1n) is 7.67. The Morgan fingerprint density at radius 3 is 2.67 bits per heavy atom. The Morgan fingerprint density at radius 2 is 2.00 bits per heavy atom. The molecule has 2 aromatic heterocycles. The first-order chi connectivity index (χ1) is 11.6. The van der Waals surface area contributed by atoms with Crippen LogP contribution in [0.25, 0.3) is 0 Å². The van der Waals surface area contributed by atoms with Crippen molar-refractivity contribution in [2.45, 2.75) is 19.3 Å². The molecule has 24 heavy (non-hydrogen) atoms. The Balaban J connectivity index is 1.53. The second-order valence-electron chi connectivity index (χ2n) is 5.58. The molecule has 0 aromatic carbocycles. The van der Waals surface area contributed by atoms with Gasteiger partial charge in [-0.3, -0.25) is 9.59 Å². The van der Waals surface area contributed by atoms with E-state index in [1.807, 2.05) is 5.38 Å². The van der Waals surface area contributed by atoms with Gasteiger partial charge >= 0.3 is 0 Å². The lowest BCUT2D eigenvalue weighted by molar-refractivity contribution is -0.134. The normalized spacial score (nSPS) is 15.2. The first kappa shape index (κ1) is 16.3. The number of hydrogen-bond acceptors (Lipinski definition) is 7. The molecule has 0 saturated carbocycles. The van der Waals surface area contributed by atoms with E-state index in [9.17, 15) is 9.59 Å². The SMILES string of the molecule is NC(=O)C1CCN(C(=O)Cc2csc(Nc3ncccn3)n2)CC1. The third-order valence-corrected chi connectivity index (χ3v) is 4.73. The molecule has 3 rings (SSSR count). The van der Waals surface area contributed by atoms with Crippen molar-refractivity contribution in [1.29, 1.82) is 0 Å². The molecule has 0 bridgehead atoms. The average Bonchev–Trinajstić information content (AvgIpc) is 3.02. The minimum absolute atomic E-state index is 0.0192. The maximum absolute atomic E-state index is 12.3. The van der Waals surface area contributed by atoms with E-state index in [0.29, 0.717) is 42.7 Å². The topological polar surface area (TPSA) is 114 Å². The summed E-state index contributed by atoms with van der Waals surface area (Å²) in [5.41, 5.74) is 6.02. The number of carbonyl (C=O) groups is 2. The summed E-state index contributed by atoms with van der Waals surface area (Å²) in [6.45, 7) is 1.14. The molecule has 2 aromatic rings. The van der Waals surface area contributed by atoms with Gasteiger partial charge in [0, 0.05) is 36.8 Å². The van der Waals surface area contributed by atoms with Crippen molar-refractivity contribution in [2.75, 3.05) is 18.4 Å². The van der Waals surface area contributed by atoms with Crippen LogP contribution in [0.3, 0.4) is 0 Å². The van der Waals surface area contributed by atoms with Gasteiger partial charge in [0.25, 0.3) is 0 Å². The van der Waals surface area contributed by atoms with Crippen LogP contribution >= 0.6 is 11.3 Å². The minimum Gasteiger partial charge on any atom is -0.369 e. The van der Waals surface area contributed by atoms with Crippen molar-refractivity contribution in [1.82, 2.24) is 19.9 Å². The van der Waals surface area contributed by atoms with Crippen molar-refractivity contribution in [2.24, 2.45) is 11.7 Å². The zero-order chi connectivity index (χ0) is 16.9. The molecular formula is C15H18N6O2S. The van der Waals surface area contributed by atoms with E-state index in [1.165, 1.54) is 11.3 Å². The largest absolute Gasteiger partial charge is 0.369 e.